The van der Waals surface area contributed by atoms with Crippen molar-refractivity contribution in [3.63, 3.8) is 0 Å². The fraction of sp³-hybridized carbons (Fsp3) is 0.524. The van der Waals surface area contributed by atoms with Crippen molar-refractivity contribution in [2.75, 3.05) is 0 Å². The van der Waals surface area contributed by atoms with Gasteiger partial charge >= 0.3 is 12.1 Å². The van der Waals surface area contributed by atoms with Gasteiger partial charge in [0, 0.05) is 0 Å². The van der Waals surface area contributed by atoms with Gasteiger partial charge in [-0.3, -0.25) is 9.59 Å². The Bertz CT molecular complexity index is 824. The molecule has 8 nitrogen and oxygen atoms in total. The van der Waals surface area contributed by atoms with E-state index in [2.05, 4.69) is 5.32 Å². The molecule has 3 amide bonds. The molecule has 0 bridgehead atoms. The lowest BCUT2D eigenvalue weighted by Gasteiger charge is -2.38. The molecule has 8 heteroatoms. The number of hydrogen-bond donors (Lipinski definition) is 1. The van der Waals surface area contributed by atoms with Crippen LogP contribution in [0.3, 0.4) is 0 Å². The average Bonchev–Trinajstić information content (AvgIpc) is 2.85. The summed E-state index contributed by atoms with van der Waals surface area (Å²) >= 11 is 0. The predicted octanol–water partition coefficient (Wildman–Crippen LogP) is 3.21. The van der Waals surface area contributed by atoms with Crippen molar-refractivity contribution in [2.24, 2.45) is 5.92 Å². The molecule has 0 radical (unpaired) electrons. The second-order valence-corrected chi connectivity index (χ2v) is 8.74. The van der Waals surface area contributed by atoms with Crippen molar-refractivity contribution in [3.8, 4) is 0 Å². The molecule has 1 aromatic carbocycles. The summed E-state index contributed by atoms with van der Waals surface area (Å²) in [5, 5.41) is 3.14. The van der Waals surface area contributed by atoms with E-state index in [0.717, 1.165) is 6.42 Å². The van der Waals surface area contributed by atoms with Crippen LogP contribution < -0.4 is 5.32 Å². The highest BCUT2D eigenvalue weighted by Gasteiger charge is 2.49. The number of rotatable bonds is 3. The topological polar surface area (TPSA) is 102 Å². The molecule has 0 saturated heterocycles. The number of benzene rings is 1. The van der Waals surface area contributed by atoms with Crippen LogP contribution in [0.15, 0.2) is 24.3 Å². The Morgan fingerprint density at radius 3 is 2.24 bits per heavy atom. The van der Waals surface area contributed by atoms with E-state index in [-0.39, 0.29) is 17.0 Å². The maximum absolute atomic E-state index is 13.1. The Kier molecular flexibility index (Phi) is 5.38. The van der Waals surface area contributed by atoms with Crippen molar-refractivity contribution < 1.29 is 28.8 Å². The van der Waals surface area contributed by atoms with E-state index in [9.17, 15) is 19.2 Å². The zero-order chi connectivity index (χ0) is 21.4. The molecule has 1 fully saturated rings. The van der Waals surface area contributed by atoms with Crippen molar-refractivity contribution in [3.05, 3.63) is 35.4 Å². The van der Waals surface area contributed by atoms with Crippen LogP contribution in [-0.4, -0.2) is 40.1 Å². The summed E-state index contributed by atoms with van der Waals surface area (Å²) in [5.41, 5.74) is -1.75. The first-order valence-electron chi connectivity index (χ1n) is 9.74. The van der Waals surface area contributed by atoms with E-state index in [1.54, 1.807) is 32.9 Å². The number of nitrogens with one attached hydrogen (secondary N) is 1. The number of hydrogen-bond acceptors (Lipinski definition) is 6. The fourth-order valence-electron chi connectivity index (χ4n) is 3.82. The maximum atomic E-state index is 13.1. The van der Waals surface area contributed by atoms with Gasteiger partial charge < -0.3 is 14.9 Å². The van der Waals surface area contributed by atoms with Crippen molar-refractivity contribution in [2.45, 2.75) is 64.5 Å². The summed E-state index contributed by atoms with van der Waals surface area (Å²) in [5.74, 6) is -2.09. The Morgan fingerprint density at radius 1 is 1.14 bits per heavy atom. The van der Waals surface area contributed by atoms with Gasteiger partial charge in [0.15, 0.2) is 0 Å². The first-order valence-corrected chi connectivity index (χ1v) is 9.74. The van der Waals surface area contributed by atoms with Crippen molar-refractivity contribution >= 4 is 23.9 Å². The van der Waals surface area contributed by atoms with Gasteiger partial charge in [-0.25, -0.2) is 9.59 Å². The van der Waals surface area contributed by atoms with Gasteiger partial charge in [-0.2, -0.15) is 0 Å². The summed E-state index contributed by atoms with van der Waals surface area (Å²) in [6.45, 7) is 7.14. The van der Waals surface area contributed by atoms with Gasteiger partial charge in [-0.05, 0) is 51.7 Å². The molecule has 29 heavy (non-hydrogen) atoms. The first-order chi connectivity index (χ1) is 13.5. The number of hydroxylamine groups is 2. The van der Waals surface area contributed by atoms with Gasteiger partial charge in [0.1, 0.15) is 11.1 Å². The molecular formula is C21H26N2O6. The molecule has 1 saturated carbocycles. The van der Waals surface area contributed by atoms with Crippen LogP contribution in [-0.2, 0) is 14.4 Å². The number of carbonyl (C=O) groups is 4. The van der Waals surface area contributed by atoms with Crippen LogP contribution >= 0.6 is 0 Å². The van der Waals surface area contributed by atoms with Gasteiger partial charge in [0.2, 0.25) is 0 Å². The molecule has 1 aromatic rings. The standard InChI is InChI=1S/C21H26N2O6/c1-13-8-7-11-21(12-13,22-19(27)28-20(2,3)4)18(26)29-23-16(24)14-9-5-6-10-15(14)17(23)25/h5-6,9-10,13H,7-8,11-12H2,1-4H3,(H,22,27)/t13-,21+/m0/s1. The van der Waals surface area contributed by atoms with Crippen molar-refractivity contribution in [1.29, 1.82) is 0 Å². The molecule has 1 aliphatic heterocycles. The minimum absolute atomic E-state index is 0.147. The Labute approximate surface area is 169 Å². The van der Waals surface area contributed by atoms with E-state index in [4.69, 9.17) is 9.57 Å². The minimum atomic E-state index is -1.37. The third-order valence-electron chi connectivity index (χ3n) is 5.06. The van der Waals surface area contributed by atoms with Crippen LogP contribution in [0, 0.1) is 5.92 Å². The van der Waals surface area contributed by atoms with Gasteiger partial charge in [0.25, 0.3) is 11.8 Å². The van der Waals surface area contributed by atoms with Gasteiger partial charge in [0.05, 0.1) is 11.1 Å². The first kappa shape index (κ1) is 20.8. The summed E-state index contributed by atoms with van der Waals surface area (Å²) in [4.78, 5) is 55.8. The Hall–Kier alpha value is -2.90. The lowest BCUT2D eigenvalue weighted by atomic mass is 9.76. The molecule has 3 rings (SSSR count). The van der Waals surface area contributed by atoms with Crippen LogP contribution in [0.1, 0.15) is 74.1 Å². The zero-order valence-corrected chi connectivity index (χ0v) is 17.1. The monoisotopic (exact) mass is 402 g/mol. The maximum Gasteiger partial charge on any atom is 0.408 e. The van der Waals surface area contributed by atoms with Gasteiger partial charge in [-0.15, -0.1) is 0 Å². The predicted molar refractivity (Wildman–Crippen MR) is 103 cm³/mol. The van der Waals surface area contributed by atoms with Crippen LogP contribution in [0.2, 0.25) is 0 Å². The smallest absolute Gasteiger partial charge is 0.408 e. The zero-order valence-electron chi connectivity index (χ0n) is 17.1. The average molecular weight is 402 g/mol. The minimum Gasteiger partial charge on any atom is -0.444 e. The molecule has 0 spiro atoms. The SMILES string of the molecule is C[C@H]1CCC[C@](NC(=O)OC(C)(C)C)(C(=O)ON2C(=O)c3ccccc3C2=O)C1. The summed E-state index contributed by atoms with van der Waals surface area (Å²) in [6.07, 6.45) is 1.50. The van der Waals surface area contributed by atoms with E-state index >= 15 is 0 Å². The molecule has 1 N–H and O–H groups in total. The molecule has 2 aliphatic rings. The highest BCUT2D eigenvalue weighted by molar-refractivity contribution is 6.21. The Morgan fingerprint density at radius 2 is 1.72 bits per heavy atom. The number of fused-ring (bicyclic) bond motifs is 1. The molecule has 156 valence electrons. The van der Waals surface area contributed by atoms with Gasteiger partial charge in [-0.1, -0.05) is 37.0 Å². The Balaban J connectivity index is 1.82. The van der Waals surface area contributed by atoms with E-state index in [1.807, 2.05) is 6.92 Å². The molecule has 1 heterocycles. The normalized spacial score (nSPS) is 24.1. The summed E-state index contributed by atoms with van der Waals surface area (Å²) < 4.78 is 5.31. The van der Waals surface area contributed by atoms with Crippen molar-refractivity contribution in [1.82, 2.24) is 10.4 Å². The fourth-order valence-corrected chi connectivity index (χ4v) is 3.82. The number of nitrogens with zero attached hydrogens (tertiary/aromatic N) is 1. The van der Waals surface area contributed by atoms with E-state index < -0.39 is 35.0 Å². The van der Waals surface area contributed by atoms with Crippen LogP contribution in [0.5, 0.6) is 0 Å². The lowest BCUT2D eigenvalue weighted by Crippen LogP contribution is -2.59. The molecule has 2 atom stereocenters. The van der Waals surface area contributed by atoms with Crippen LogP contribution in [0.4, 0.5) is 4.79 Å². The number of imide groups is 1. The third-order valence-corrected chi connectivity index (χ3v) is 5.06. The molecule has 0 aromatic heterocycles. The number of ether oxygens (including phenoxy) is 1. The largest absolute Gasteiger partial charge is 0.444 e. The quantitative estimate of drug-likeness (QED) is 0.779. The highest BCUT2D eigenvalue weighted by Crippen LogP contribution is 2.35. The van der Waals surface area contributed by atoms with E-state index in [1.165, 1.54) is 12.1 Å². The number of alkyl carbamates (subject to hydrolysis) is 1. The second kappa shape index (κ2) is 7.50. The van der Waals surface area contributed by atoms with E-state index in [0.29, 0.717) is 24.3 Å². The number of amides is 3. The van der Waals surface area contributed by atoms with Crippen LogP contribution in [0.25, 0.3) is 0 Å². The molecule has 0 unspecified atom stereocenters. The molecular weight excluding hydrogens is 376 g/mol. The summed E-state index contributed by atoms with van der Waals surface area (Å²) in [7, 11) is 0. The molecule has 1 aliphatic carbocycles. The summed E-state index contributed by atoms with van der Waals surface area (Å²) in [6, 6.07) is 6.26. The third kappa shape index (κ3) is 4.26. The lowest BCUT2D eigenvalue weighted by molar-refractivity contribution is -0.179. The second-order valence-electron chi connectivity index (χ2n) is 8.74. The highest BCUT2D eigenvalue weighted by atomic mass is 16.7. The number of carbonyl (C=O) groups excluding carboxylic acids is 4.